The molecule has 0 aliphatic carbocycles. The summed E-state index contributed by atoms with van der Waals surface area (Å²) in [5, 5.41) is 6.19. The van der Waals surface area contributed by atoms with Gasteiger partial charge in [0.1, 0.15) is 5.54 Å². The van der Waals surface area contributed by atoms with Crippen LogP contribution < -0.4 is 10.6 Å². The first kappa shape index (κ1) is 22.1. The van der Waals surface area contributed by atoms with Gasteiger partial charge in [-0.1, -0.05) is 13.8 Å². The lowest BCUT2D eigenvalue weighted by molar-refractivity contribution is -0.130. The van der Waals surface area contributed by atoms with Gasteiger partial charge in [0.2, 0.25) is 0 Å². The predicted octanol–water partition coefficient (Wildman–Crippen LogP) is 1.84. The Morgan fingerprint density at radius 3 is 2.83 bits per heavy atom. The van der Waals surface area contributed by atoms with Crippen molar-refractivity contribution in [1.29, 1.82) is 0 Å². The minimum absolute atomic E-state index is 0.140. The predicted molar refractivity (Wildman–Crippen MR) is 116 cm³/mol. The van der Waals surface area contributed by atoms with Crippen molar-refractivity contribution >= 4 is 17.9 Å². The fourth-order valence-corrected chi connectivity index (χ4v) is 4.12. The van der Waals surface area contributed by atoms with Crippen LogP contribution >= 0.6 is 0 Å². The molecule has 1 aromatic heterocycles. The third kappa shape index (κ3) is 4.60. The van der Waals surface area contributed by atoms with Crippen LogP contribution in [-0.2, 0) is 4.79 Å². The van der Waals surface area contributed by atoms with Crippen molar-refractivity contribution in [1.82, 2.24) is 30.0 Å². The summed E-state index contributed by atoms with van der Waals surface area (Å²) >= 11 is 0. The fourth-order valence-electron chi connectivity index (χ4n) is 4.12. The standard InChI is InChI=1S/C21H35N7O2/c1-5-21(4)18(29)28(20(30)25-21)11-7-9-24-19(23-6-2)26-12-8-16(3)17(14-26)27-13-10-22-15-27/h10,13,15-17H,5-9,11-12,14H2,1-4H3,(H,23,24)(H,25,30). The monoisotopic (exact) mass is 417 g/mol. The maximum atomic E-state index is 12.5. The van der Waals surface area contributed by atoms with E-state index >= 15 is 0 Å². The Hall–Kier alpha value is -2.58. The molecule has 3 unspecified atom stereocenters. The zero-order valence-corrected chi connectivity index (χ0v) is 18.6. The largest absolute Gasteiger partial charge is 0.357 e. The van der Waals surface area contributed by atoms with E-state index in [4.69, 9.17) is 4.99 Å². The Kier molecular flexibility index (Phi) is 6.99. The van der Waals surface area contributed by atoms with Gasteiger partial charge in [0.15, 0.2) is 5.96 Å². The molecule has 2 saturated heterocycles. The zero-order valence-electron chi connectivity index (χ0n) is 18.6. The van der Waals surface area contributed by atoms with Crippen molar-refractivity contribution in [3.05, 3.63) is 18.7 Å². The van der Waals surface area contributed by atoms with Crippen LogP contribution in [0.15, 0.2) is 23.7 Å². The topological polar surface area (TPSA) is 94.9 Å². The van der Waals surface area contributed by atoms with Gasteiger partial charge < -0.3 is 20.1 Å². The summed E-state index contributed by atoms with van der Waals surface area (Å²) in [6.45, 7) is 11.6. The third-order valence-corrected chi connectivity index (χ3v) is 6.31. The SMILES string of the molecule is CCNC(=NCCCN1C(=O)NC(C)(CC)C1=O)N1CCC(C)C(n2ccnc2)C1. The molecule has 2 N–H and O–H groups in total. The number of hydrogen-bond acceptors (Lipinski definition) is 4. The van der Waals surface area contributed by atoms with Crippen molar-refractivity contribution in [2.24, 2.45) is 10.9 Å². The number of urea groups is 1. The number of carbonyl (C=O) groups is 2. The average Bonchev–Trinajstić information content (AvgIpc) is 3.33. The van der Waals surface area contributed by atoms with E-state index < -0.39 is 5.54 Å². The highest BCUT2D eigenvalue weighted by atomic mass is 16.2. The van der Waals surface area contributed by atoms with E-state index in [9.17, 15) is 9.59 Å². The highest BCUT2D eigenvalue weighted by molar-refractivity contribution is 6.06. The van der Waals surface area contributed by atoms with Crippen molar-refractivity contribution in [2.45, 2.75) is 58.5 Å². The van der Waals surface area contributed by atoms with Gasteiger partial charge in [-0.2, -0.15) is 0 Å². The van der Waals surface area contributed by atoms with E-state index in [0.29, 0.717) is 37.9 Å². The van der Waals surface area contributed by atoms with Crippen LogP contribution in [-0.4, -0.2) is 75.5 Å². The maximum Gasteiger partial charge on any atom is 0.325 e. The number of rotatable bonds is 7. The summed E-state index contributed by atoms with van der Waals surface area (Å²) in [6, 6.07) is 0.0659. The Labute approximate surface area is 178 Å². The molecule has 9 nitrogen and oxygen atoms in total. The molecule has 3 rings (SSSR count). The van der Waals surface area contributed by atoms with Crippen molar-refractivity contribution in [3.8, 4) is 0 Å². The van der Waals surface area contributed by atoms with Crippen LogP contribution in [0.25, 0.3) is 0 Å². The fraction of sp³-hybridized carbons (Fsp3) is 0.714. The second-order valence-electron chi connectivity index (χ2n) is 8.45. The highest BCUT2D eigenvalue weighted by Crippen LogP contribution is 2.27. The second kappa shape index (κ2) is 9.49. The molecule has 0 radical (unpaired) electrons. The van der Waals surface area contributed by atoms with Gasteiger partial charge in [-0.05, 0) is 39.0 Å². The van der Waals surface area contributed by atoms with Crippen LogP contribution in [0.1, 0.15) is 53.0 Å². The molecule has 2 aliphatic rings. The normalized spacial score (nSPS) is 27.5. The number of hydrogen-bond donors (Lipinski definition) is 2. The van der Waals surface area contributed by atoms with Gasteiger partial charge in [0.05, 0.1) is 12.4 Å². The van der Waals surface area contributed by atoms with E-state index in [1.54, 1.807) is 6.92 Å². The summed E-state index contributed by atoms with van der Waals surface area (Å²) in [5.74, 6) is 1.33. The lowest BCUT2D eigenvalue weighted by Crippen LogP contribution is -2.49. The number of imide groups is 1. The number of nitrogens with one attached hydrogen (secondary N) is 2. The van der Waals surface area contributed by atoms with Crippen molar-refractivity contribution in [3.63, 3.8) is 0 Å². The van der Waals surface area contributed by atoms with E-state index in [2.05, 4.69) is 38.9 Å². The number of amides is 3. The van der Waals surface area contributed by atoms with Gasteiger partial charge in [-0.15, -0.1) is 0 Å². The summed E-state index contributed by atoms with van der Waals surface area (Å²) in [5.41, 5.74) is -0.776. The van der Waals surface area contributed by atoms with Crippen LogP contribution in [0, 0.1) is 5.92 Å². The Balaban J connectivity index is 1.58. The van der Waals surface area contributed by atoms with Crippen LogP contribution in [0.3, 0.4) is 0 Å². The minimum Gasteiger partial charge on any atom is -0.357 e. The zero-order chi connectivity index (χ0) is 21.7. The first-order chi connectivity index (χ1) is 14.4. The van der Waals surface area contributed by atoms with Gasteiger partial charge in [-0.25, -0.2) is 9.78 Å². The van der Waals surface area contributed by atoms with Crippen molar-refractivity contribution < 1.29 is 9.59 Å². The maximum absolute atomic E-state index is 12.5. The number of imidazole rings is 1. The molecule has 0 saturated carbocycles. The number of piperidine rings is 1. The molecule has 2 fully saturated rings. The molecule has 0 aromatic carbocycles. The van der Waals surface area contributed by atoms with E-state index in [1.807, 2.05) is 25.6 Å². The molecule has 3 amide bonds. The quantitative estimate of drug-likeness (QED) is 0.306. The van der Waals surface area contributed by atoms with Crippen LogP contribution in [0.2, 0.25) is 0 Å². The van der Waals surface area contributed by atoms with Gasteiger partial charge >= 0.3 is 6.03 Å². The summed E-state index contributed by atoms with van der Waals surface area (Å²) < 4.78 is 2.18. The number of guanidine groups is 1. The smallest absolute Gasteiger partial charge is 0.325 e. The molecule has 30 heavy (non-hydrogen) atoms. The molecule has 1 aromatic rings. The Bertz CT molecular complexity index is 763. The molecule has 2 aliphatic heterocycles. The molecule has 3 heterocycles. The van der Waals surface area contributed by atoms with Gasteiger partial charge in [-0.3, -0.25) is 14.7 Å². The van der Waals surface area contributed by atoms with Gasteiger partial charge in [0, 0.05) is 45.1 Å². The van der Waals surface area contributed by atoms with Crippen LogP contribution in [0.5, 0.6) is 0 Å². The molecular weight excluding hydrogens is 382 g/mol. The molecule has 0 bridgehead atoms. The first-order valence-electron chi connectivity index (χ1n) is 11.0. The first-order valence-corrected chi connectivity index (χ1v) is 11.0. The highest BCUT2D eigenvalue weighted by Gasteiger charge is 2.45. The van der Waals surface area contributed by atoms with E-state index in [0.717, 1.165) is 32.0 Å². The number of aliphatic imine (C=N–C) groups is 1. The Morgan fingerprint density at radius 1 is 1.40 bits per heavy atom. The Morgan fingerprint density at radius 2 is 2.20 bits per heavy atom. The molecule has 0 spiro atoms. The molecule has 9 heteroatoms. The molecular formula is C21H35N7O2. The van der Waals surface area contributed by atoms with E-state index in [-0.39, 0.29) is 11.9 Å². The lowest BCUT2D eigenvalue weighted by atomic mass is 9.93. The van der Waals surface area contributed by atoms with E-state index in [1.165, 1.54) is 4.90 Å². The van der Waals surface area contributed by atoms with Gasteiger partial charge in [0.25, 0.3) is 5.91 Å². The minimum atomic E-state index is -0.776. The number of nitrogens with zero attached hydrogens (tertiary/aromatic N) is 5. The number of likely N-dealkylation sites (tertiary alicyclic amines) is 1. The van der Waals surface area contributed by atoms with Crippen LogP contribution in [0.4, 0.5) is 4.79 Å². The lowest BCUT2D eigenvalue weighted by Gasteiger charge is -2.39. The summed E-state index contributed by atoms with van der Waals surface area (Å²) in [4.78, 5) is 37.3. The summed E-state index contributed by atoms with van der Waals surface area (Å²) in [7, 11) is 0. The average molecular weight is 418 g/mol. The summed E-state index contributed by atoms with van der Waals surface area (Å²) in [6.07, 6.45) is 8.05. The number of carbonyl (C=O) groups excluding carboxylic acids is 2. The second-order valence-corrected chi connectivity index (χ2v) is 8.45. The molecule has 3 atom stereocenters. The molecule has 166 valence electrons. The number of aromatic nitrogens is 2. The third-order valence-electron chi connectivity index (χ3n) is 6.31. The van der Waals surface area contributed by atoms with Crippen molar-refractivity contribution in [2.75, 3.05) is 32.7 Å².